The molecule has 24 heavy (non-hydrogen) atoms. The Labute approximate surface area is 142 Å². The molecule has 1 aromatic carbocycles. The topological polar surface area (TPSA) is 54.0 Å². The predicted molar refractivity (Wildman–Crippen MR) is 88.0 cm³/mol. The van der Waals surface area contributed by atoms with Crippen LogP contribution in [0.2, 0.25) is 19.6 Å². The van der Waals surface area contributed by atoms with Crippen LogP contribution >= 0.6 is 0 Å². The summed E-state index contributed by atoms with van der Waals surface area (Å²) < 4.78 is 47.6. The van der Waals surface area contributed by atoms with Gasteiger partial charge in [0.1, 0.15) is 0 Å². The summed E-state index contributed by atoms with van der Waals surface area (Å²) in [6.45, 7) is 7.94. The zero-order valence-corrected chi connectivity index (χ0v) is 15.5. The summed E-state index contributed by atoms with van der Waals surface area (Å²) >= 11 is 0. The van der Waals surface area contributed by atoms with E-state index >= 15 is 0 Å². The van der Waals surface area contributed by atoms with E-state index in [1.54, 1.807) is 6.92 Å². The van der Waals surface area contributed by atoms with Gasteiger partial charge in [0.15, 0.2) is 11.5 Å². The number of ether oxygens (including phenoxy) is 3. The quantitative estimate of drug-likeness (QED) is 0.367. The Kier molecular flexibility index (Phi) is 7.97. The minimum atomic E-state index is -1.95. The molecular weight excluding hydrogens is 338 g/mol. The van der Waals surface area contributed by atoms with Crippen LogP contribution in [-0.2, 0) is 9.16 Å². The molecule has 5 nitrogen and oxygen atoms in total. The first-order valence-electron chi connectivity index (χ1n) is 7.84. The van der Waals surface area contributed by atoms with E-state index in [0.717, 1.165) is 0 Å². The highest BCUT2D eigenvalue weighted by Crippen LogP contribution is 2.27. The molecule has 0 aliphatic rings. The van der Waals surface area contributed by atoms with Gasteiger partial charge in [-0.25, -0.2) is 4.79 Å². The number of carbonyl (C=O) groups is 1. The Morgan fingerprint density at radius 1 is 1.00 bits per heavy atom. The van der Waals surface area contributed by atoms with Gasteiger partial charge in [0.25, 0.3) is 8.32 Å². The lowest BCUT2D eigenvalue weighted by molar-refractivity contribution is 0.0941. The number of unbranched alkanes of at least 4 members (excludes halogenated alkanes) is 1. The summed E-state index contributed by atoms with van der Waals surface area (Å²) in [5.41, 5.74) is 0. The Balaban J connectivity index is 2.29. The third kappa shape index (κ3) is 7.16. The first-order valence-corrected chi connectivity index (χ1v) is 11.2. The summed E-state index contributed by atoms with van der Waals surface area (Å²) in [6, 6.07) is 2.65. The summed E-state index contributed by atoms with van der Waals surface area (Å²) in [5, 5.41) is 0. The molecule has 0 fully saturated rings. The van der Waals surface area contributed by atoms with Crippen LogP contribution in [0.1, 0.15) is 19.8 Å². The molecule has 136 valence electrons. The van der Waals surface area contributed by atoms with E-state index in [9.17, 15) is 13.6 Å². The number of halogens is 2. The maximum atomic E-state index is 13.8. The molecule has 0 spiro atoms. The molecule has 1 aromatic rings. The second-order valence-electron chi connectivity index (χ2n) is 5.99. The maximum Gasteiger partial charge on any atom is 0.494 e. The first-order chi connectivity index (χ1) is 11.2. The van der Waals surface area contributed by atoms with Crippen LogP contribution in [0.15, 0.2) is 12.1 Å². The van der Waals surface area contributed by atoms with Gasteiger partial charge >= 0.3 is 6.16 Å². The number of rotatable bonds is 9. The van der Waals surface area contributed by atoms with Gasteiger partial charge in [0.05, 0.1) is 19.8 Å². The van der Waals surface area contributed by atoms with E-state index < -0.39 is 26.1 Å². The van der Waals surface area contributed by atoms with Crippen molar-refractivity contribution in [1.29, 1.82) is 0 Å². The van der Waals surface area contributed by atoms with Crippen LogP contribution in [-0.4, -0.2) is 34.3 Å². The Morgan fingerprint density at radius 2 is 1.54 bits per heavy atom. The van der Waals surface area contributed by atoms with Crippen molar-refractivity contribution >= 4 is 14.5 Å². The average Bonchev–Trinajstić information content (AvgIpc) is 2.48. The van der Waals surface area contributed by atoms with Crippen molar-refractivity contribution in [2.75, 3.05) is 19.8 Å². The minimum Gasteiger partial charge on any atom is -0.491 e. The van der Waals surface area contributed by atoms with Crippen LogP contribution in [0.5, 0.6) is 11.5 Å². The van der Waals surface area contributed by atoms with Crippen molar-refractivity contribution in [3.8, 4) is 11.5 Å². The number of benzene rings is 1. The number of hydrogen-bond donors (Lipinski definition) is 0. The van der Waals surface area contributed by atoms with Gasteiger partial charge in [-0.15, -0.1) is 0 Å². The van der Waals surface area contributed by atoms with Crippen LogP contribution in [0.3, 0.4) is 0 Å². The fraction of sp³-hybridized carbons (Fsp3) is 0.562. The zero-order chi connectivity index (χ0) is 18.2. The second kappa shape index (κ2) is 9.46. The maximum absolute atomic E-state index is 13.8. The molecule has 0 aliphatic carbocycles. The minimum absolute atomic E-state index is 0.142. The van der Waals surface area contributed by atoms with Crippen molar-refractivity contribution in [3.63, 3.8) is 0 Å². The van der Waals surface area contributed by atoms with Gasteiger partial charge in [0, 0.05) is 0 Å². The van der Waals surface area contributed by atoms with Crippen LogP contribution < -0.4 is 9.47 Å². The molecule has 0 aromatic heterocycles. The third-order valence-corrected chi connectivity index (χ3v) is 3.50. The lowest BCUT2D eigenvalue weighted by Crippen LogP contribution is -2.29. The van der Waals surface area contributed by atoms with E-state index in [2.05, 4.69) is 0 Å². The SMILES string of the molecule is CCOc1ccc(OCCCCOC(=O)O[Si](C)(C)C)c(F)c1F. The second-order valence-corrected chi connectivity index (χ2v) is 10.4. The van der Waals surface area contributed by atoms with Gasteiger partial charge in [-0.3, -0.25) is 0 Å². The average molecular weight is 362 g/mol. The molecule has 0 bridgehead atoms. The van der Waals surface area contributed by atoms with E-state index in [1.165, 1.54) is 12.1 Å². The van der Waals surface area contributed by atoms with Crippen LogP contribution in [0.25, 0.3) is 0 Å². The number of hydrogen-bond acceptors (Lipinski definition) is 5. The van der Waals surface area contributed by atoms with Crippen molar-refractivity contribution in [1.82, 2.24) is 0 Å². The van der Waals surface area contributed by atoms with E-state index in [4.69, 9.17) is 18.6 Å². The molecule has 0 saturated heterocycles. The Hall–Kier alpha value is -1.83. The third-order valence-electron chi connectivity index (χ3n) is 2.72. The lowest BCUT2D eigenvalue weighted by Gasteiger charge is -2.16. The summed E-state index contributed by atoms with van der Waals surface area (Å²) in [7, 11) is -1.95. The van der Waals surface area contributed by atoms with Crippen molar-refractivity contribution < 1.29 is 32.2 Å². The Morgan fingerprint density at radius 3 is 2.08 bits per heavy atom. The predicted octanol–water partition coefficient (Wildman–Crippen LogP) is 4.51. The molecule has 0 heterocycles. The zero-order valence-electron chi connectivity index (χ0n) is 14.5. The fourth-order valence-corrected chi connectivity index (χ4v) is 2.27. The van der Waals surface area contributed by atoms with Gasteiger partial charge in [0.2, 0.25) is 11.6 Å². The number of carbonyl (C=O) groups excluding carboxylic acids is 1. The molecule has 0 radical (unpaired) electrons. The molecule has 0 unspecified atom stereocenters. The molecule has 8 heteroatoms. The van der Waals surface area contributed by atoms with Crippen molar-refractivity contribution in [3.05, 3.63) is 23.8 Å². The highest BCUT2D eigenvalue weighted by atomic mass is 28.4. The molecule has 0 N–H and O–H groups in total. The van der Waals surface area contributed by atoms with Crippen LogP contribution in [0, 0.1) is 11.6 Å². The smallest absolute Gasteiger partial charge is 0.491 e. The summed E-state index contributed by atoms with van der Waals surface area (Å²) in [5.74, 6) is -2.45. The summed E-state index contributed by atoms with van der Waals surface area (Å²) in [4.78, 5) is 11.3. The van der Waals surface area contributed by atoms with Crippen molar-refractivity contribution in [2.45, 2.75) is 39.4 Å². The summed E-state index contributed by atoms with van der Waals surface area (Å²) in [6.07, 6.45) is 0.380. The molecule has 0 atom stereocenters. The van der Waals surface area contributed by atoms with E-state index in [-0.39, 0.29) is 31.3 Å². The molecule has 1 rings (SSSR count). The van der Waals surface area contributed by atoms with E-state index in [0.29, 0.717) is 12.8 Å². The molecule has 0 amide bonds. The highest BCUT2D eigenvalue weighted by Gasteiger charge is 2.20. The fourth-order valence-electron chi connectivity index (χ4n) is 1.71. The highest BCUT2D eigenvalue weighted by molar-refractivity contribution is 6.71. The molecule has 0 aliphatic heterocycles. The first kappa shape index (κ1) is 20.2. The monoisotopic (exact) mass is 362 g/mol. The van der Waals surface area contributed by atoms with Crippen LogP contribution in [0.4, 0.5) is 13.6 Å². The molecular formula is C16H24F2O5Si. The van der Waals surface area contributed by atoms with Gasteiger partial charge in [-0.2, -0.15) is 8.78 Å². The van der Waals surface area contributed by atoms with Gasteiger partial charge in [-0.05, 0) is 51.5 Å². The standard InChI is InChI=1S/C16H24F2O5Si/c1-5-20-12-8-9-13(15(18)14(12)17)21-10-6-7-11-22-16(19)23-24(2,3)4/h8-9H,5-7,10-11H2,1-4H3. The van der Waals surface area contributed by atoms with E-state index in [1.807, 2.05) is 19.6 Å². The van der Waals surface area contributed by atoms with Gasteiger partial charge in [-0.1, -0.05) is 0 Å². The normalized spacial score (nSPS) is 11.1. The lowest BCUT2D eigenvalue weighted by atomic mass is 10.3. The Bertz CT molecular complexity index is 546. The molecule has 0 saturated carbocycles. The van der Waals surface area contributed by atoms with Gasteiger partial charge < -0.3 is 18.6 Å². The largest absolute Gasteiger partial charge is 0.494 e. The van der Waals surface area contributed by atoms with Crippen molar-refractivity contribution in [2.24, 2.45) is 0 Å².